The molecule has 3 nitrogen and oxygen atoms in total. The van der Waals surface area contributed by atoms with E-state index in [9.17, 15) is 4.79 Å². The maximum Gasteiger partial charge on any atom is 0.254 e. The highest BCUT2D eigenvalue weighted by Gasteiger charge is 2.17. The van der Waals surface area contributed by atoms with Crippen LogP contribution in [0.2, 0.25) is 5.02 Å². The summed E-state index contributed by atoms with van der Waals surface area (Å²) in [4.78, 5) is 15.3. The Hall–Kier alpha value is -3.30. The number of nitrogens with zero attached hydrogens (tertiary/aromatic N) is 2. The zero-order valence-electron chi connectivity index (χ0n) is 18.2. The number of rotatable bonds is 8. The molecule has 0 N–H and O–H groups in total. The van der Waals surface area contributed by atoms with Crippen molar-refractivity contribution in [1.82, 2.24) is 9.47 Å². The lowest BCUT2D eigenvalue weighted by molar-refractivity contribution is 0.0739. The van der Waals surface area contributed by atoms with Gasteiger partial charge >= 0.3 is 0 Å². The van der Waals surface area contributed by atoms with Crippen LogP contribution in [0.1, 0.15) is 35.0 Å². The number of aromatic nitrogens is 1. The van der Waals surface area contributed by atoms with Gasteiger partial charge in [0, 0.05) is 35.6 Å². The van der Waals surface area contributed by atoms with Crippen LogP contribution in [-0.4, -0.2) is 21.9 Å². The summed E-state index contributed by atoms with van der Waals surface area (Å²) in [6, 6.07) is 30.1. The summed E-state index contributed by atoms with van der Waals surface area (Å²) in [7, 11) is 0. The Morgan fingerprint density at radius 3 is 2.25 bits per heavy atom. The van der Waals surface area contributed by atoms with E-state index in [-0.39, 0.29) is 5.91 Å². The summed E-state index contributed by atoms with van der Waals surface area (Å²) in [5.74, 6) is 0.0527. The highest BCUT2D eigenvalue weighted by molar-refractivity contribution is 6.31. The number of carbonyl (C=O) groups is 1. The summed E-state index contributed by atoms with van der Waals surface area (Å²) < 4.78 is 2.16. The Morgan fingerprint density at radius 2 is 1.53 bits per heavy atom. The van der Waals surface area contributed by atoms with Crippen molar-refractivity contribution in [2.75, 3.05) is 6.54 Å². The molecule has 1 aromatic heterocycles. The molecule has 0 aliphatic rings. The average molecular weight is 443 g/mol. The summed E-state index contributed by atoms with van der Waals surface area (Å²) >= 11 is 6.36. The topological polar surface area (TPSA) is 25.2 Å². The van der Waals surface area contributed by atoms with Crippen molar-refractivity contribution in [2.45, 2.75) is 26.4 Å². The fourth-order valence-electron chi connectivity index (χ4n) is 3.89. The molecular formula is C28H27ClN2O. The molecule has 1 amide bonds. The van der Waals surface area contributed by atoms with Crippen LogP contribution < -0.4 is 0 Å². The van der Waals surface area contributed by atoms with E-state index in [0.29, 0.717) is 25.2 Å². The summed E-state index contributed by atoms with van der Waals surface area (Å²) in [5.41, 5.74) is 5.12. The highest BCUT2D eigenvalue weighted by Crippen LogP contribution is 2.21. The lowest BCUT2D eigenvalue weighted by Gasteiger charge is -2.23. The minimum atomic E-state index is 0.0527. The van der Waals surface area contributed by atoms with Gasteiger partial charge in [-0.2, -0.15) is 0 Å². The largest absolute Gasteiger partial charge is 0.345 e. The predicted molar refractivity (Wildman–Crippen MR) is 132 cm³/mol. The van der Waals surface area contributed by atoms with E-state index in [1.165, 1.54) is 0 Å². The first kappa shape index (κ1) is 21.9. The molecule has 0 fully saturated rings. The first-order valence-corrected chi connectivity index (χ1v) is 11.4. The maximum absolute atomic E-state index is 13.3. The Kier molecular flexibility index (Phi) is 7.08. The number of hydrogen-bond donors (Lipinski definition) is 0. The van der Waals surface area contributed by atoms with E-state index in [2.05, 4.69) is 29.7 Å². The van der Waals surface area contributed by atoms with Gasteiger partial charge in [0.1, 0.15) is 0 Å². The van der Waals surface area contributed by atoms with Gasteiger partial charge in [-0.15, -0.1) is 0 Å². The molecule has 0 radical (unpaired) electrons. The van der Waals surface area contributed by atoms with Crippen molar-refractivity contribution < 1.29 is 4.79 Å². The molecule has 0 unspecified atom stereocenters. The molecule has 0 bridgehead atoms. The first-order valence-electron chi connectivity index (χ1n) is 11.0. The summed E-state index contributed by atoms with van der Waals surface area (Å²) in [6.45, 7) is 4.05. The lowest BCUT2D eigenvalue weighted by atomic mass is 10.0. The monoisotopic (exact) mass is 442 g/mol. The third-order valence-electron chi connectivity index (χ3n) is 5.59. The van der Waals surface area contributed by atoms with Crippen molar-refractivity contribution in [3.8, 4) is 11.1 Å². The predicted octanol–water partition coefficient (Wildman–Crippen LogP) is 6.91. The molecule has 0 saturated heterocycles. The molecule has 162 valence electrons. The molecule has 0 aliphatic heterocycles. The van der Waals surface area contributed by atoms with Gasteiger partial charge in [-0.25, -0.2) is 0 Å². The Balaban J connectivity index is 1.51. The van der Waals surface area contributed by atoms with Gasteiger partial charge in [0.15, 0.2) is 0 Å². The van der Waals surface area contributed by atoms with E-state index in [1.54, 1.807) is 0 Å². The van der Waals surface area contributed by atoms with Gasteiger partial charge in [0.2, 0.25) is 0 Å². The molecule has 3 aromatic carbocycles. The van der Waals surface area contributed by atoms with Gasteiger partial charge in [0.25, 0.3) is 5.91 Å². The van der Waals surface area contributed by atoms with E-state index in [0.717, 1.165) is 33.8 Å². The van der Waals surface area contributed by atoms with E-state index < -0.39 is 0 Å². The van der Waals surface area contributed by atoms with Gasteiger partial charge in [0.05, 0.1) is 6.54 Å². The Labute approximate surface area is 194 Å². The summed E-state index contributed by atoms with van der Waals surface area (Å²) in [6.07, 6.45) is 2.95. The first-order chi connectivity index (χ1) is 15.7. The van der Waals surface area contributed by atoms with Gasteiger partial charge < -0.3 is 9.47 Å². The van der Waals surface area contributed by atoms with Crippen molar-refractivity contribution >= 4 is 17.5 Å². The molecule has 4 aromatic rings. The SMILES string of the molecule is CCCN(Cc1cccn1Cc1ccccc1Cl)C(=O)c1ccc(-c2ccccc2)cc1. The number of hydrogen-bond acceptors (Lipinski definition) is 1. The van der Waals surface area contributed by atoms with Crippen LogP contribution in [0.4, 0.5) is 0 Å². The van der Waals surface area contributed by atoms with Crippen LogP contribution in [0.5, 0.6) is 0 Å². The summed E-state index contributed by atoms with van der Waals surface area (Å²) in [5, 5.41) is 0.757. The number of benzene rings is 3. The van der Waals surface area contributed by atoms with Crippen LogP contribution in [0.3, 0.4) is 0 Å². The zero-order valence-corrected chi connectivity index (χ0v) is 19.0. The maximum atomic E-state index is 13.3. The molecule has 1 heterocycles. The van der Waals surface area contributed by atoms with E-state index in [4.69, 9.17) is 11.6 Å². The molecule has 4 rings (SSSR count). The van der Waals surface area contributed by atoms with Gasteiger partial charge in [-0.05, 0) is 53.4 Å². The molecule has 32 heavy (non-hydrogen) atoms. The second-order valence-electron chi connectivity index (χ2n) is 7.89. The van der Waals surface area contributed by atoms with E-state index >= 15 is 0 Å². The van der Waals surface area contributed by atoms with Crippen molar-refractivity contribution in [2.24, 2.45) is 0 Å². The average Bonchev–Trinajstić information content (AvgIpc) is 3.27. The molecule has 0 atom stereocenters. The van der Waals surface area contributed by atoms with Crippen LogP contribution in [0.25, 0.3) is 11.1 Å². The zero-order chi connectivity index (χ0) is 22.3. The molecule has 0 saturated carbocycles. The van der Waals surface area contributed by atoms with Gasteiger partial charge in [-0.1, -0.05) is 79.2 Å². The van der Waals surface area contributed by atoms with E-state index in [1.807, 2.05) is 83.9 Å². The number of amides is 1. The van der Waals surface area contributed by atoms with Crippen LogP contribution in [-0.2, 0) is 13.1 Å². The highest BCUT2D eigenvalue weighted by atomic mass is 35.5. The van der Waals surface area contributed by atoms with Crippen LogP contribution in [0, 0.1) is 0 Å². The minimum Gasteiger partial charge on any atom is -0.345 e. The lowest BCUT2D eigenvalue weighted by Crippen LogP contribution is -2.32. The van der Waals surface area contributed by atoms with Crippen molar-refractivity contribution in [1.29, 1.82) is 0 Å². The van der Waals surface area contributed by atoms with Gasteiger partial charge in [-0.3, -0.25) is 4.79 Å². The van der Waals surface area contributed by atoms with Crippen LogP contribution in [0.15, 0.2) is 97.2 Å². The molecule has 4 heteroatoms. The standard InChI is InChI=1S/C28H27ClN2O/c1-2-18-31(21-26-12-8-19-30(26)20-25-11-6-7-13-27(25)29)28(32)24-16-14-23(15-17-24)22-9-4-3-5-10-22/h3-17,19H,2,18,20-21H2,1H3. The third-order valence-corrected chi connectivity index (χ3v) is 5.96. The van der Waals surface area contributed by atoms with Crippen molar-refractivity contribution in [3.63, 3.8) is 0 Å². The second-order valence-corrected chi connectivity index (χ2v) is 8.30. The molecule has 0 spiro atoms. The Bertz CT molecular complexity index is 1170. The normalized spacial score (nSPS) is 10.8. The smallest absolute Gasteiger partial charge is 0.254 e. The Morgan fingerprint density at radius 1 is 0.844 bits per heavy atom. The second kappa shape index (κ2) is 10.3. The number of carbonyl (C=O) groups excluding carboxylic acids is 1. The minimum absolute atomic E-state index is 0.0527. The van der Waals surface area contributed by atoms with Crippen molar-refractivity contribution in [3.05, 3.63) is 119 Å². The number of halogens is 1. The third kappa shape index (κ3) is 5.12. The quantitative estimate of drug-likeness (QED) is 0.291. The molecule has 0 aliphatic carbocycles. The fourth-order valence-corrected chi connectivity index (χ4v) is 4.09. The van der Waals surface area contributed by atoms with Crippen LogP contribution >= 0.6 is 11.6 Å². The fraction of sp³-hybridized carbons (Fsp3) is 0.179. The molecular weight excluding hydrogens is 416 g/mol.